The van der Waals surface area contributed by atoms with Gasteiger partial charge in [0.05, 0.1) is 4.90 Å². The molecule has 1 saturated carbocycles. The molecule has 0 bridgehead atoms. The average molecular weight is 316 g/mol. The Kier molecular flexibility index (Phi) is 2.99. The lowest BCUT2D eigenvalue weighted by Crippen LogP contribution is -2.38. The van der Waals surface area contributed by atoms with Gasteiger partial charge in [0.25, 0.3) is 9.05 Å². The first-order valence-corrected chi connectivity index (χ1v) is 8.63. The minimum absolute atomic E-state index is 0.0150. The van der Waals surface area contributed by atoms with Crippen LogP contribution in [-0.2, 0) is 13.8 Å². The molecule has 0 saturated heterocycles. The lowest BCUT2D eigenvalue weighted by atomic mass is 10.00. The smallest absolute Gasteiger partial charge is 0.261 e. The van der Waals surface area contributed by atoms with Crippen molar-refractivity contribution in [1.82, 2.24) is 5.32 Å². The van der Waals surface area contributed by atoms with E-state index in [9.17, 15) is 13.2 Å². The van der Waals surface area contributed by atoms with Gasteiger partial charge < -0.3 is 10.1 Å². The van der Waals surface area contributed by atoms with Crippen LogP contribution < -0.4 is 10.1 Å². The monoisotopic (exact) mass is 315 g/mol. The van der Waals surface area contributed by atoms with Crippen LogP contribution in [0.5, 0.6) is 5.75 Å². The summed E-state index contributed by atoms with van der Waals surface area (Å²) in [5.41, 5.74) is 0.462. The summed E-state index contributed by atoms with van der Waals surface area (Å²) in [6, 6.07) is 4.34. The zero-order chi connectivity index (χ0) is 14.5. The van der Waals surface area contributed by atoms with Crippen molar-refractivity contribution in [3.63, 3.8) is 0 Å². The number of rotatable bonds is 3. The third-order valence-corrected chi connectivity index (χ3v) is 5.14. The Hall–Kier alpha value is -1.27. The summed E-state index contributed by atoms with van der Waals surface area (Å²) in [7, 11) is 1.52. The first-order chi connectivity index (χ1) is 9.28. The molecule has 1 fully saturated rings. The Morgan fingerprint density at radius 3 is 2.75 bits per heavy atom. The van der Waals surface area contributed by atoms with Gasteiger partial charge in [0.15, 0.2) is 0 Å². The number of carbonyl (C=O) groups excluding carboxylic acids is 1. The van der Waals surface area contributed by atoms with Crippen LogP contribution in [0.1, 0.15) is 31.2 Å². The van der Waals surface area contributed by atoms with Crippen molar-refractivity contribution < 1.29 is 17.9 Å². The summed E-state index contributed by atoms with van der Waals surface area (Å²) >= 11 is 0. The van der Waals surface area contributed by atoms with Crippen molar-refractivity contribution in [2.45, 2.75) is 36.1 Å². The molecular weight excluding hydrogens is 302 g/mol. The van der Waals surface area contributed by atoms with Crippen molar-refractivity contribution in [3.8, 4) is 5.75 Å². The third-order valence-electron chi connectivity index (χ3n) is 3.79. The van der Waals surface area contributed by atoms with E-state index < -0.39 is 15.0 Å². The van der Waals surface area contributed by atoms with Gasteiger partial charge in [-0.1, -0.05) is 0 Å². The van der Waals surface area contributed by atoms with Crippen LogP contribution in [0.25, 0.3) is 0 Å². The van der Waals surface area contributed by atoms with Crippen molar-refractivity contribution >= 4 is 25.6 Å². The molecular formula is C13H14ClNO4S. The molecule has 1 amide bonds. The van der Waals surface area contributed by atoms with Gasteiger partial charge >= 0.3 is 0 Å². The van der Waals surface area contributed by atoms with Crippen molar-refractivity contribution in [1.29, 1.82) is 0 Å². The van der Waals surface area contributed by atoms with Crippen molar-refractivity contribution in [2.75, 3.05) is 6.61 Å². The van der Waals surface area contributed by atoms with Gasteiger partial charge in [0, 0.05) is 21.8 Å². The number of fused-ring (bicyclic) bond motifs is 1. The molecule has 2 aliphatic rings. The standard InChI is InChI=1S/C13H14ClNO4S/c1-13(4-5-13)15-12(16)10-7-19-11-3-2-8(6-9(10)11)20(14,17)18/h2-3,6,10H,4-5,7H2,1H3,(H,15,16). The molecule has 1 N–H and O–H groups in total. The summed E-state index contributed by atoms with van der Waals surface area (Å²) < 4.78 is 28.2. The van der Waals surface area contributed by atoms with Gasteiger partial charge in [-0.2, -0.15) is 0 Å². The van der Waals surface area contributed by atoms with Crippen molar-refractivity contribution in [2.24, 2.45) is 0 Å². The predicted octanol–water partition coefficient (Wildman–Crippen LogP) is 1.76. The minimum Gasteiger partial charge on any atom is -0.492 e. The quantitative estimate of drug-likeness (QED) is 0.863. The fourth-order valence-corrected chi connectivity index (χ4v) is 3.05. The van der Waals surface area contributed by atoms with Gasteiger partial charge in [0.2, 0.25) is 5.91 Å². The van der Waals surface area contributed by atoms with Crippen LogP contribution in [0.2, 0.25) is 0 Å². The van der Waals surface area contributed by atoms with Crippen LogP contribution >= 0.6 is 10.7 Å². The molecule has 1 aromatic carbocycles. The molecule has 20 heavy (non-hydrogen) atoms. The van der Waals surface area contributed by atoms with Crippen LogP contribution in [0, 0.1) is 0 Å². The largest absolute Gasteiger partial charge is 0.492 e. The summed E-state index contributed by atoms with van der Waals surface area (Å²) in [4.78, 5) is 12.2. The van der Waals surface area contributed by atoms with E-state index in [1.165, 1.54) is 18.2 Å². The highest BCUT2D eigenvalue weighted by Gasteiger charge is 2.42. The van der Waals surface area contributed by atoms with Gasteiger partial charge in [-0.3, -0.25) is 4.79 Å². The first-order valence-electron chi connectivity index (χ1n) is 6.32. The van der Waals surface area contributed by atoms with E-state index in [0.29, 0.717) is 11.3 Å². The molecule has 108 valence electrons. The van der Waals surface area contributed by atoms with E-state index in [2.05, 4.69) is 5.32 Å². The van der Waals surface area contributed by atoms with E-state index in [-0.39, 0.29) is 22.9 Å². The highest BCUT2D eigenvalue weighted by molar-refractivity contribution is 8.13. The number of benzene rings is 1. The Balaban J connectivity index is 1.90. The fraction of sp³-hybridized carbons (Fsp3) is 0.462. The minimum atomic E-state index is -3.81. The molecule has 1 unspecified atom stereocenters. The summed E-state index contributed by atoms with van der Waals surface area (Å²) in [6.45, 7) is 2.21. The molecule has 0 spiro atoms. The maximum atomic E-state index is 12.3. The zero-order valence-electron chi connectivity index (χ0n) is 10.8. The summed E-state index contributed by atoms with van der Waals surface area (Å²) in [5, 5.41) is 2.97. The Bertz CT molecular complexity index is 682. The second kappa shape index (κ2) is 4.36. The SMILES string of the molecule is CC1(NC(=O)C2COc3ccc(S(=O)(=O)Cl)cc32)CC1. The fourth-order valence-electron chi connectivity index (χ4n) is 2.26. The molecule has 0 radical (unpaired) electrons. The van der Waals surface area contributed by atoms with Gasteiger partial charge in [0.1, 0.15) is 18.3 Å². The third kappa shape index (κ3) is 2.50. The first kappa shape index (κ1) is 13.7. The predicted molar refractivity (Wildman–Crippen MR) is 73.5 cm³/mol. The molecule has 1 aromatic rings. The van der Waals surface area contributed by atoms with E-state index in [4.69, 9.17) is 15.4 Å². The Labute approximate surface area is 121 Å². The van der Waals surface area contributed by atoms with Crippen LogP contribution in [0.15, 0.2) is 23.1 Å². The number of nitrogens with one attached hydrogen (secondary N) is 1. The van der Waals surface area contributed by atoms with Crippen LogP contribution in [0.3, 0.4) is 0 Å². The summed E-state index contributed by atoms with van der Waals surface area (Å²) in [6.07, 6.45) is 1.94. The van der Waals surface area contributed by atoms with Gasteiger partial charge in [-0.05, 0) is 38.0 Å². The van der Waals surface area contributed by atoms with E-state index >= 15 is 0 Å². The highest BCUT2D eigenvalue weighted by Crippen LogP contribution is 2.39. The Morgan fingerprint density at radius 2 is 2.15 bits per heavy atom. The van der Waals surface area contributed by atoms with Crippen LogP contribution in [-0.4, -0.2) is 26.5 Å². The molecule has 0 aromatic heterocycles. The molecule has 5 nitrogen and oxygen atoms in total. The highest BCUT2D eigenvalue weighted by atomic mass is 35.7. The number of ether oxygens (including phenoxy) is 1. The number of hydrogen-bond donors (Lipinski definition) is 1. The summed E-state index contributed by atoms with van der Waals surface area (Å²) in [5.74, 6) is -0.0798. The number of amides is 1. The maximum Gasteiger partial charge on any atom is 0.261 e. The normalized spacial score (nSPS) is 22.8. The molecule has 7 heteroatoms. The molecule has 3 rings (SSSR count). The van der Waals surface area contributed by atoms with Crippen LogP contribution in [0.4, 0.5) is 0 Å². The van der Waals surface area contributed by atoms with E-state index in [1.54, 1.807) is 0 Å². The molecule has 1 aliphatic heterocycles. The number of carbonyl (C=O) groups is 1. The molecule has 1 heterocycles. The second-order valence-corrected chi connectivity index (χ2v) is 8.12. The number of hydrogen-bond acceptors (Lipinski definition) is 4. The molecule has 1 aliphatic carbocycles. The topological polar surface area (TPSA) is 72.5 Å². The average Bonchev–Trinajstić information content (AvgIpc) is 2.91. The van der Waals surface area contributed by atoms with Gasteiger partial charge in [-0.25, -0.2) is 8.42 Å². The van der Waals surface area contributed by atoms with E-state index in [1.807, 2.05) is 6.92 Å². The molecule has 1 atom stereocenters. The van der Waals surface area contributed by atoms with Gasteiger partial charge in [-0.15, -0.1) is 0 Å². The zero-order valence-corrected chi connectivity index (χ0v) is 12.4. The number of halogens is 1. The van der Waals surface area contributed by atoms with E-state index in [0.717, 1.165) is 12.8 Å². The van der Waals surface area contributed by atoms with Crippen molar-refractivity contribution in [3.05, 3.63) is 23.8 Å². The maximum absolute atomic E-state index is 12.3. The Morgan fingerprint density at radius 1 is 1.45 bits per heavy atom. The second-order valence-electron chi connectivity index (χ2n) is 5.55. The lowest BCUT2D eigenvalue weighted by Gasteiger charge is -2.15. The lowest BCUT2D eigenvalue weighted by molar-refractivity contribution is -0.123.